The van der Waals surface area contributed by atoms with E-state index in [1.807, 2.05) is 12.1 Å². The maximum atomic E-state index is 5.73. The van der Waals surface area contributed by atoms with Gasteiger partial charge >= 0.3 is 0 Å². The Kier molecular flexibility index (Phi) is 3.93. The van der Waals surface area contributed by atoms with E-state index in [9.17, 15) is 0 Å². The first kappa shape index (κ1) is 11.6. The van der Waals surface area contributed by atoms with E-state index in [0.717, 1.165) is 12.1 Å². The van der Waals surface area contributed by atoms with Crippen LogP contribution in [0.5, 0.6) is 0 Å². The van der Waals surface area contributed by atoms with Crippen molar-refractivity contribution in [2.45, 2.75) is 19.5 Å². The Morgan fingerprint density at radius 1 is 1.44 bits per heavy atom. The van der Waals surface area contributed by atoms with E-state index in [1.165, 1.54) is 5.56 Å². The molecule has 2 heterocycles. The molecule has 2 nitrogen and oxygen atoms in total. The molecular formula is C12H13ClN2S. The summed E-state index contributed by atoms with van der Waals surface area (Å²) in [5.74, 6) is 0. The van der Waals surface area contributed by atoms with Gasteiger partial charge in [0.2, 0.25) is 0 Å². The molecule has 84 valence electrons. The van der Waals surface area contributed by atoms with Gasteiger partial charge in [-0.1, -0.05) is 17.7 Å². The highest BCUT2D eigenvalue weighted by Gasteiger charge is 2.04. The van der Waals surface area contributed by atoms with Crippen LogP contribution in [0.15, 0.2) is 35.2 Å². The molecule has 0 aromatic carbocycles. The molecule has 1 N–H and O–H groups in total. The summed E-state index contributed by atoms with van der Waals surface area (Å²) >= 11 is 7.45. The molecule has 1 atom stereocenters. The number of hydrogen-bond acceptors (Lipinski definition) is 3. The van der Waals surface area contributed by atoms with Gasteiger partial charge in [0.05, 0.1) is 0 Å². The van der Waals surface area contributed by atoms with Crippen LogP contribution in [0.3, 0.4) is 0 Å². The first-order chi connectivity index (χ1) is 7.75. The molecule has 0 fully saturated rings. The molecule has 0 amide bonds. The lowest BCUT2D eigenvalue weighted by atomic mass is 10.2. The van der Waals surface area contributed by atoms with Crippen LogP contribution >= 0.6 is 22.9 Å². The van der Waals surface area contributed by atoms with Crippen LogP contribution in [0.1, 0.15) is 24.1 Å². The first-order valence-corrected chi connectivity index (χ1v) is 6.43. The van der Waals surface area contributed by atoms with E-state index in [4.69, 9.17) is 11.6 Å². The second-order valence-corrected chi connectivity index (χ2v) is 4.82. The van der Waals surface area contributed by atoms with E-state index in [0.29, 0.717) is 11.2 Å². The van der Waals surface area contributed by atoms with Crippen molar-refractivity contribution >= 4 is 22.9 Å². The third-order valence-corrected chi connectivity index (χ3v) is 3.37. The van der Waals surface area contributed by atoms with Gasteiger partial charge in [-0.25, -0.2) is 4.98 Å². The van der Waals surface area contributed by atoms with Gasteiger partial charge < -0.3 is 5.32 Å². The second kappa shape index (κ2) is 5.43. The second-order valence-electron chi connectivity index (χ2n) is 3.65. The number of hydrogen-bond donors (Lipinski definition) is 1. The fourth-order valence-corrected chi connectivity index (χ4v) is 2.29. The van der Waals surface area contributed by atoms with Crippen molar-refractivity contribution in [3.8, 4) is 0 Å². The van der Waals surface area contributed by atoms with Gasteiger partial charge in [0, 0.05) is 18.8 Å². The number of pyridine rings is 1. The summed E-state index contributed by atoms with van der Waals surface area (Å²) in [4.78, 5) is 4.05. The van der Waals surface area contributed by atoms with Crippen LogP contribution in [0.2, 0.25) is 5.15 Å². The highest BCUT2D eigenvalue weighted by molar-refractivity contribution is 7.07. The lowest BCUT2D eigenvalue weighted by Crippen LogP contribution is -2.17. The molecule has 2 aromatic heterocycles. The zero-order chi connectivity index (χ0) is 11.4. The number of nitrogens with zero attached hydrogens (tertiary/aromatic N) is 1. The number of aromatic nitrogens is 1. The van der Waals surface area contributed by atoms with Crippen molar-refractivity contribution in [2.75, 3.05) is 0 Å². The highest BCUT2D eigenvalue weighted by Crippen LogP contribution is 2.16. The fraction of sp³-hybridized carbons (Fsp3) is 0.250. The van der Waals surface area contributed by atoms with Crippen LogP contribution in [-0.2, 0) is 6.54 Å². The van der Waals surface area contributed by atoms with Crippen molar-refractivity contribution in [1.82, 2.24) is 10.3 Å². The SMILES string of the molecule is CC(NCc1ccc(Cl)nc1)c1ccsc1. The summed E-state index contributed by atoms with van der Waals surface area (Å²) in [6.45, 7) is 2.96. The quantitative estimate of drug-likeness (QED) is 0.841. The Labute approximate surface area is 104 Å². The first-order valence-electron chi connectivity index (χ1n) is 5.11. The van der Waals surface area contributed by atoms with Crippen molar-refractivity contribution in [3.05, 3.63) is 51.4 Å². The van der Waals surface area contributed by atoms with Crippen molar-refractivity contribution in [1.29, 1.82) is 0 Å². The molecular weight excluding hydrogens is 240 g/mol. The molecule has 0 bridgehead atoms. The number of rotatable bonds is 4. The van der Waals surface area contributed by atoms with Gasteiger partial charge in [-0.15, -0.1) is 0 Å². The standard InChI is InChI=1S/C12H13ClN2S/c1-9(11-4-5-16-8-11)14-6-10-2-3-12(13)15-7-10/h2-5,7-9,14H,6H2,1H3. The molecule has 4 heteroatoms. The maximum absolute atomic E-state index is 5.73. The highest BCUT2D eigenvalue weighted by atomic mass is 35.5. The Morgan fingerprint density at radius 3 is 2.94 bits per heavy atom. The number of nitrogens with one attached hydrogen (secondary N) is 1. The maximum Gasteiger partial charge on any atom is 0.129 e. The number of halogens is 1. The third kappa shape index (κ3) is 3.04. The number of thiophene rings is 1. The van der Waals surface area contributed by atoms with E-state index >= 15 is 0 Å². The third-order valence-electron chi connectivity index (χ3n) is 2.44. The summed E-state index contributed by atoms with van der Waals surface area (Å²) in [6.07, 6.45) is 1.80. The molecule has 0 aliphatic heterocycles. The monoisotopic (exact) mass is 252 g/mol. The molecule has 1 unspecified atom stereocenters. The van der Waals surface area contributed by atoms with Crippen LogP contribution in [0, 0.1) is 0 Å². The molecule has 2 aromatic rings. The largest absolute Gasteiger partial charge is 0.306 e. The average molecular weight is 253 g/mol. The lowest BCUT2D eigenvalue weighted by Gasteiger charge is -2.12. The molecule has 0 radical (unpaired) electrons. The van der Waals surface area contributed by atoms with Gasteiger partial charge in [0.25, 0.3) is 0 Å². The summed E-state index contributed by atoms with van der Waals surface area (Å²) in [6, 6.07) is 6.31. The molecule has 2 rings (SSSR count). The van der Waals surface area contributed by atoms with Gasteiger partial charge in [-0.3, -0.25) is 0 Å². The smallest absolute Gasteiger partial charge is 0.129 e. The molecule has 0 aliphatic carbocycles. The Bertz CT molecular complexity index is 425. The minimum Gasteiger partial charge on any atom is -0.306 e. The van der Waals surface area contributed by atoms with Crippen molar-refractivity contribution in [2.24, 2.45) is 0 Å². The zero-order valence-corrected chi connectivity index (χ0v) is 10.6. The Hall–Kier alpha value is -0.900. The van der Waals surface area contributed by atoms with Gasteiger partial charge in [0.15, 0.2) is 0 Å². The normalized spacial score (nSPS) is 12.6. The molecule has 0 saturated heterocycles. The van der Waals surface area contributed by atoms with Gasteiger partial charge in [-0.05, 0) is 40.9 Å². The zero-order valence-electron chi connectivity index (χ0n) is 8.98. The summed E-state index contributed by atoms with van der Waals surface area (Å²) in [5.41, 5.74) is 2.47. The summed E-state index contributed by atoms with van der Waals surface area (Å²) in [5, 5.41) is 8.24. The summed E-state index contributed by atoms with van der Waals surface area (Å²) < 4.78 is 0. The lowest BCUT2D eigenvalue weighted by molar-refractivity contribution is 0.575. The minimum atomic E-state index is 0.363. The fourth-order valence-electron chi connectivity index (χ4n) is 1.42. The predicted octanol–water partition coefficient (Wildman–Crippen LogP) is 3.65. The Morgan fingerprint density at radius 2 is 2.31 bits per heavy atom. The van der Waals surface area contributed by atoms with Gasteiger partial charge in [0.1, 0.15) is 5.15 Å². The topological polar surface area (TPSA) is 24.9 Å². The molecule has 0 saturated carbocycles. The van der Waals surface area contributed by atoms with Crippen LogP contribution in [0.4, 0.5) is 0 Å². The van der Waals surface area contributed by atoms with Crippen LogP contribution in [0.25, 0.3) is 0 Å². The predicted molar refractivity (Wildman–Crippen MR) is 68.8 cm³/mol. The minimum absolute atomic E-state index is 0.363. The molecule has 16 heavy (non-hydrogen) atoms. The summed E-state index contributed by atoms with van der Waals surface area (Å²) in [7, 11) is 0. The van der Waals surface area contributed by atoms with Gasteiger partial charge in [-0.2, -0.15) is 11.3 Å². The molecule has 0 spiro atoms. The molecule has 0 aliphatic rings. The van der Waals surface area contributed by atoms with E-state index in [2.05, 4.69) is 34.1 Å². The van der Waals surface area contributed by atoms with E-state index < -0.39 is 0 Å². The van der Waals surface area contributed by atoms with Crippen molar-refractivity contribution < 1.29 is 0 Å². The van der Waals surface area contributed by atoms with E-state index in [-0.39, 0.29) is 0 Å². The van der Waals surface area contributed by atoms with Crippen LogP contribution < -0.4 is 5.32 Å². The van der Waals surface area contributed by atoms with Crippen LogP contribution in [-0.4, -0.2) is 4.98 Å². The average Bonchev–Trinajstić information content (AvgIpc) is 2.81. The van der Waals surface area contributed by atoms with Crippen molar-refractivity contribution in [3.63, 3.8) is 0 Å². The Balaban J connectivity index is 1.90. The van der Waals surface area contributed by atoms with E-state index in [1.54, 1.807) is 17.5 Å².